The molecule has 0 radical (unpaired) electrons. The molecule has 0 fully saturated rings. The fraction of sp³-hybridized carbons (Fsp3) is 0.0588. The van der Waals surface area contributed by atoms with Crippen LogP contribution in [0.5, 0.6) is 5.75 Å². The lowest BCUT2D eigenvalue weighted by Crippen LogP contribution is -2.08. The summed E-state index contributed by atoms with van der Waals surface area (Å²) in [6.45, 7) is 1.94. The highest BCUT2D eigenvalue weighted by Gasteiger charge is 2.08. The Balaban J connectivity index is 1.75. The molecule has 4 nitrogen and oxygen atoms in total. The maximum Gasteiger partial charge on any atom is 0.343 e. The van der Waals surface area contributed by atoms with Crippen LogP contribution in [0.15, 0.2) is 67.3 Å². The number of benzene rings is 2. The molecule has 0 N–H and O–H groups in total. The number of carbonyl (C=O) groups is 1. The van der Waals surface area contributed by atoms with Gasteiger partial charge in [0.15, 0.2) is 0 Å². The highest BCUT2D eigenvalue weighted by atomic mass is 16.5. The average molecular weight is 278 g/mol. The van der Waals surface area contributed by atoms with Crippen molar-refractivity contribution in [2.24, 2.45) is 0 Å². The Hall–Kier alpha value is -2.88. The van der Waals surface area contributed by atoms with Gasteiger partial charge in [-0.3, -0.25) is 0 Å². The van der Waals surface area contributed by atoms with Crippen LogP contribution in [0.1, 0.15) is 15.9 Å². The number of ether oxygens (including phenoxy) is 1. The maximum absolute atomic E-state index is 12.0. The molecule has 4 heteroatoms. The van der Waals surface area contributed by atoms with E-state index in [1.807, 2.05) is 48.0 Å². The molecule has 0 bridgehead atoms. The number of aryl methyl sites for hydroxylation is 1. The van der Waals surface area contributed by atoms with Crippen LogP contribution < -0.4 is 4.74 Å². The molecule has 1 aromatic heterocycles. The lowest BCUT2D eigenvalue weighted by molar-refractivity contribution is 0.0734. The molecule has 0 aliphatic rings. The average Bonchev–Trinajstić information content (AvgIpc) is 3.02. The maximum atomic E-state index is 12.0. The van der Waals surface area contributed by atoms with Crippen LogP contribution in [0.25, 0.3) is 5.69 Å². The van der Waals surface area contributed by atoms with Gasteiger partial charge in [0, 0.05) is 18.1 Å². The van der Waals surface area contributed by atoms with Gasteiger partial charge in [-0.05, 0) is 43.3 Å². The van der Waals surface area contributed by atoms with Crippen LogP contribution in [0.2, 0.25) is 0 Å². The Morgan fingerprint density at radius 3 is 2.62 bits per heavy atom. The summed E-state index contributed by atoms with van der Waals surface area (Å²) in [5.41, 5.74) is 2.54. The van der Waals surface area contributed by atoms with E-state index in [-0.39, 0.29) is 5.97 Å². The summed E-state index contributed by atoms with van der Waals surface area (Å²) in [6, 6.07) is 14.6. The summed E-state index contributed by atoms with van der Waals surface area (Å²) in [5.74, 6) is 0.166. The van der Waals surface area contributed by atoms with E-state index in [0.29, 0.717) is 11.3 Å². The molecular weight excluding hydrogens is 264 g/mol. The van der Waals surface area contributed by atoms with E-state index in [1.54, 1.807) is 30.7 Å². The van der Waals surface area contributed by atoms with Crippen LogP contribution in [-0.2, 0) is 0 Å². The largest absolute Gasteiger partial charge is 0.423 e. The summed E-state index contributed by atoms with van der Waals surface area (Å²) in [7, 11) is 0. The minimum atomic E-state index is -0.353. The quantitative estimate of drug-likeness (QED) is 0.545. The fourth-order valence-electron chi connectivity index (χ4n) is 2.04. The first-order chi connectivity index (χ1) is 10.2. The summed E-state index contributed by atoms with van der Waals surface area (Å²) >= 11 is 0. The van der Waals surface area contributed by atoms with E-state index < -0.39 is 0 Å². The zero-order valence-corrected chi connectivity index (χ0v) is 11.6. The monoisotopic (exact) mass is 278 g/mol. The number of aromatic nitrogens is 2. The first kappa shape index (κ1) is 13.1. The Bertz CT molecular complexity index is 747. The van der Waals surface area contributed by atoms with E-state index in [4.69, 9.17) is 4.74 Å². The van der Waals surface area contributed by atoms with Crippen LogP contribution in [-0.4, -0.2) is 15.5 Å². The first-order valence-electron chi connectivity index (χ1n) is 6.59. The Morgan fingerprint density at radius 1 is 1.14 bits per heavy atom. The predicted octanol–water partition coefficient (Wildman–Crippen LogP) is 3.40. The summed E-state index contributed by atoms with van der Waals surface area (Å²) in [4.78, 5) is 16.0. The van der Waals surface area contributed by atoms with Gasteiger partial charge in [-0.1, -0.05) is 17.7 Å². The molecule has 0 atom stereocenters. The van der Waals surface area contributed by atoms with E-state index in [1.165, 1.54) is 0 Å². The molecule has 0 unspecified atom stereocenters. The van der Waals surface area contributed by atoms with Crippen LogP contribution in [0.3, 0.4) is 0 Å². The summed E-state index contributed by atoms with van der Waals surface area (Å²) in [6.07, 6.45) is 5.28. The number of carbonyl (C=O) groups excluding carboxylic acids is 1. The molecule has 0 saturated heterocycles. The molecule has 21 heavy (non-hydrogen) atoms. The summed E-state index contributed by atoms with van der Waals surface area (Å²) in [5, 5.41) is 0. The first-order valence-corrected chi connectivity index (χ1v) is 6.59. The smallest absolute Gasteiger partial charge is 0.343 e. The van der Waals surface area contributed by atoms with Crippen molar-refractivity contribution in [3.63, 3.8) is 0 Å². The third-order valence-corrected chi connectivity index (χ3v) is 3.10. The Kier molecular flexibility index (Phi) is 3.51. The zero-order valence-electron chi connectivity index (χ0n) is 11.6. The SMILES string of the molecule is Cc1cccc(C(=O)Oc2ccc(-n3ccnc3)cc2)c1. The number of esters is 1. The topological polar surface area (TPSA) is 44.1 Å². The van der Waals surface area contributed by atoms with Crippen molar-refractivity contribution in [3.05, 3.63) is 78.4 Å². The molecule has 3 aromatic rings. The molecule has 0 aliphatic heterocycles. The lowest BCUT2D eigenvalue weighted by atomic mass is 10.1. The molecule has 2 aromatic carbocycles. The predicted molar refractivity (Wildman–Crippen MR) is 79.7 cm³/mol. The summed E-state index contributed by atoms with van der Waals surface area (Å²) < 4.78 is 7.25. The van der Waals surface area contributed by atoms with Crippen molar-refractivity contribution < 1.29 is 9.53 Å². The van der Waals surface area contributed by atoms with Gasteiger partial charge in [0.25, 0.3) is 0 Å². The van der Waals surface area contributed by atoms with Gasteiger partial charge in [0.05, 0.1) is 11.9 Å². The minimum absolute atomic E-state index is 0.353. The molecular formula is C17H14N2O2. The second-order valence-electron chi connectivity index (χ2n) is 4.72. The van der Waals surface area contributed by atoms with E-state index in [9.17, 15) is 4.79 Å². The third-order valence-electron chi connectivity index (χ3n) is 3.10. The van der Waals surface area contributed by atoms with Crippen molar-refractivity contribution in [1.82, 2.24) is 9.55 Å². The number of imidazole rings is 1. The highest BCUT2D eigenvalue weighted by molar-refractivity contribution is 5.91. The van der Waals surface area contributed by atoms with Crippen LogP contribution in [0, 0.1) is 6.92 Å². The fourth-order valence-corrected chi connectivity index (χ4v) is 2.04. The number of hydrogen-bond acceptors (Lipinski definition) is 3. The normalized spacial score (nSPS) is 10.3. The molecule has 3 rings (SSSR count). The van der Waals surface area contributed by atoms with Crippen molar-refractivity contribution in [2.75, 3.05) is 0 Å². The van der Waals surface area contributed by atoms with E-state index >= 15 is 0 Å². The van der Waals surface area contributed by atoms with Gasteiger partial charge in [-0.25, -0.2) is 9.78 Å². The molecule has 1 heterocycles. The Morgan fingerprint density at radius 2 is 1.95 bits per heavy atom. The second kappa shape index (κ2) is 5.63. The third kappa shape index (κ3) is 3.00. The van der Waals surface area contributed by atoms with Crippen LogP contribution in [0.4, 0.5) is 0 Å². The van der Waals surface area contributed by atoms with Crippen molar-refractivity contribution >= 4 is 5.97 Å². The number of rotatable bonds is 3. The van der Waals surface area contributed by atoms with Crippen LogP contribution >= 0.6 is 0 Å². The number of nitrogens with zero attached hydrogens (tertiary/aromatic N) is 2. The highest BCUT2D eigenvalue weighted by Crippen LogP contribution is 2.17. The van der Waals surface area contributed by atoms with Gasteiger partial charge < -0.3 is 9.30 Å². The lowest BCUT2D eigenvalue weighted by Gasteiger charge is -2.06. The van der Waals surface area contributed by atoms with E-state index in [2.05, 4.69) is 4.98 Å². The molecule has 0 aliphatic carbocycles. The van der Waals surface area contributed by atoms with Crippen molar-refractivity contribution in [2.45, 2.75) is 6.92 Å². The zero-order chi connectivity index (χ0) is 14.7. The molecule has 0 spiro atoms. The van der Waals surface area contributed by atoms with E-state index in [0.717, 1.165) is 11.3 Å². The van der Waals surface area contributed by atoms with Crippen molar-refractivity contribution in [1.29, 1.82) is 0 Å². The number of hydrogen-bond donors (Lipinski definition) is 0. The van der Waals surface area contributed by atoms with Crippen molar-refractivity contribution in [3.8, 4) is 11.4 Å². The van der Waals surface area contributed by atoms with Gasteiger partial charge in [0.2, 0.25) is 0 Å². The minimum Gasteiger partial charge on any atom is -0.423 e. The van der Waals surface area contributed by atoms with Gasteiger partial charge in [-0.2, -0.15) is 0 Å². The Labute approximate surface area is 122 Å². The van der Waals surface area contributed by atoms with Gasteiger partial charge in [0.1, 0.15) is 5.75 Å². The molecule has 0 amide bonds. The van der Waals surface area contributed by atoms with Gasteiger partial charge in [-0.15, -0.1) is 0 Å². The second-order valence-corrected chi connectivity index (χ2v) is 4.72. The molecule has 104 valence electrons. The standard InChI is InChI=1S/C17H14N2O2/c1-13-3-2-4-14(11-13)17(20)21-16-7-5-15(6-8-16)19-10-9-18-12-19/h2-12H,1H3. The van der Waals surface area contributed by atoms with Gasteiger partial charge >= 0.3 is 5.97 Å². The molecule has 0 saturated carbocycles.